The van der Waals surface area contributed by atoms with Crippen LogP contribution in [0.5, 0.6) is 0 Å². The Morgan fingerprint density at radius 1 is 1.67 bits per heavy atom. The Bertz CT molecular complexity index is 337. The lowest BCUT2D eigenvalue weighted by Gasteiger charge is -2.16. The summed E-state index contributed by atoms with van der Waals surface area (Å²) < 4.78 is 1.75. The van der Waals surface area contributed by atoms with Crippen molar-refractivity contribution >= 4 is 11.6 Å². The molecule has 1 aromatic heterocycles. The summed E-state index contributed by atoms with van der Waals surface area (Å²) in [5.41, 5.74) is 5.97. The third-order valence-electron chi connectivity index (χ3n) is 1.86. The van der Waals surface area contributed by atoms with Crippen LogP contribution in [0.4, 0.5) is 5.69 Å². The lowest BCUT2D eigenvalue weighted by atomic mass is 10.0. The van der Waals surface area contributed by atoms with Gasteiger partial charge in [-0.1, -0.05) is 0 Å². The molecule has 1 amide bonds. The SMILES string of the molecule is CCn1cc(NC(=O)CC(C)(C)N)cn1. The zero-order chi connectivity index (χ0) is 11.5. The predicted octanol–water partition coefficient (Wildman–Crippen LogP) is 0.969. The van der Waals surface area contributed by atoms with Crippen LogP contribution in [0.1, 0.15) is 27.2 Å². The standard InChI is InChI=1S/C10H18N4O/c1-4-14-7-8(6-12-14)13-9(15)5-10(2,3)11/h6-7H,4-5,11H2,1-3H3,(H,13,15). The highest BCUT2D eigenvalue weighted by Crippen LogP contribution is 2.09. The fourth-order valence-corrected chi connectivity index (χ4v) is 1.22. The van der Waals surface area contributed by atoms with Crippen LogP contribution in [0, 0.1) is 0 Å². The third-order valence-corrected chi connectivity index (χ3v) is 1.86. The number of carbonyl (C=O) groups is 1. The van der Waals surface area contributed by atoms with Crippen molar-refractivity contribution in [3.63, 3.8) is 0 Å². The van der Waals surface area contributed by atoms with Crippen molar-refractivity contribution in [2.75, 3.05) is 5.32 Å². The van der Waals surface area contributed by atoms with Crippen LogP contribution in [-0.2, 0) is 11.3 Å². The lowest BCUT2D eigenvalue weighted by molar-refractivity contribution is -0.117. The molecule has 5 nitrogen and oxygen atoms in total. The normalized spacial score (nSPS) is 11.5. The van der Waals surface area contributed by atoms with Crippen molar-refractivity contribution in [1.29, 1.82) is 0 Å². The van der Waals surface area contributed by atoms with E-state index >= 15 is 0 Å². The summed E-state index contributed by atoms with van der Waals surface area (Å²) in [6.45, 7) is 6.42. The Labute approximate surface area is 89.6 Å². The van der Waals surface area contributed by atoms with Gasteiger partial charge in [0.2, 0.25) is 5.91 Å². The number of nitrogens with zero attached hydrogens (tertiary/aromatic N) is 2. The molecule has 0 saturated heterocycles. The molecule has 15 heavy (non-hydrogen) atoms. The van der Waals surface area contributed by atoms with Crippen LogP contribution < -0.4 is 11.1 Å². The number of rotatable bonds is 4. The number of anilines is 1. The van der Waals surface area contributed by atoms with Crippen molar-refractivity contribution in [3.05, 3.63) is 12.4 Å². The van der Waals surface area contributed by atoms with Crippen molar-refractivity contribution < 1.29 is 4.79 Å². The summed E-state index contributed by atoms with van der Waals surface area (Å²) >= 11 is 0. The van der Waals surface area contributed by atoms with Crippen LogP contribution >= 0.6 is 0 Å². The Balaban J connectivity index is 2.51. The molecule has 1 rings (SSSR count). The van der Waals surface area contributed by atoms with E-state index in [1.807, 2.05) is 20.8 Å². The topological polar surface area (TPSA) is 72.9 Å². The number of amides is 1. The molecule has 0 saturated carbocycles. The van der Waals surface area contributed by atoms with E-state index in [0.717, 1.165) is 6.54 Å². The van der Waals surface area contributed by atoms with Crippen molar-refractivity contribution in [3.8, 4) is 0 Å². The second-order valence-corrected chi connectivity index (χ2v) is 4.30. The fourth-order valence-electron chi connectivity index (χ4n) is 1.22. The summed E-state index contributed by atoms with van der Waals surface area (Å²) in [4.78, 5) is 11.5. The van der Waals surface area contributed by atoms with Gasteiger partial charge in [-0.25, -0.2) is 0 Å². The molecule has 0 unspecified atom stereocenters. The van der Waals surface area contributed by atoms with Gasteiger partial charge < -0.3 is 11.1 Å². The first-order chi connectivity index (χ1) is 6.90. The minimum absolute atomic E-state index is 0.0850. The van der Waals surface area contributed by atoms with Gasteiger partial charge in [0.15, 0.2) is 0 Å². The van der Waals surface area contributed by atoms with E-state index in [-0.39, 0.29) is 5.91 Å². The van der Waals surface area contributed by atoms with Crippen LogP contribution in [0.15, 0.2) is 12.4 Å². The minimum Gasteiger partial charge on any atom is -0.325 e. The molecule has 1 aromatic rings. The molecule has 0 aromatic carbocycles. The zero-order valence-electron chi connectivity index (χ0n) is 9.45. The average Bonchev–Trinajstić information content (AvgIpc) is 2.48. The van der Waals surface area contributed by atoms with Gasteiger partial charge in [-0.15, -0.1) is 0 Å². The molecule has 0 aliphatic rings. The number of hydrogen-bond donors (Lipinski definition) is 2. The predicted molar refractivity (Wildman–Crippen MR) is 59.4 cm³/mol. The highest BCUT2D eigenvalue weighted by Gasteiger charge is 2.16. The largest absolute Gasteiger partial charge is 0.325 e. The monoisotopic (exact) mass is 210 g/mol. The summed E-state index contributed by atoms with van der Waals surface area (Å²) in [6, 6.07) is 0. The lowest BCUT2D eigenvalue weighted by Crippen LogP contribution is -2.36. The second kappa shape index (κ2) is 4.44. The molecule has 0 fully saturated rings. The Morgan fingerprint density at radius 2 is 2.33 bits per heavy atom. The van der Waals surface area contributed by atoms with Gasteiger partial charge in [0, 0.05) is 24.7 Å². The maximum atomic E-state index is 11.5. The molecule has 0 bridgehead atoms. The van der Waals surface area contributed by atoms with Gasteiger partial charge in [0.1, 0.15) is 0 Å². The summed E-state index contributed by atoms with van der Waals surface area (Å²) in [5, 5.41) is 6.81. The number of carbonyl (C=O) groups excluding carboxylic acids is 1. The molecular weight excluding hydrogens is 192 g/mol. The maximum absolute atomic E-state index is 11.5. The van der Waals surface area contributed by atoms with Gasteiger partial charge in [0.05, 0.1) is 11.9 Å². The molecule has 0 atom stereocenters. The Kier molecular flexibility index (Phi) is 3.47. The van der Waals surface area contributed by atoms with Crippen molar-refractivity contribution in [2.45, 2.75) is 39.3 Å². The highest BCUT2D eigenvalue weighted by molar-refractivity contribution is 5.91. The molecule has 1 heterocycles. The van der Waals surface area contributed by atoms with Crippen molar-refractivity contribution in [2.24, 2.45) is 5.73 Å². The maximum Gasteiger partial charge on any atom is 0.226 e. The number of hydrogen-bond acceptors (Lipinski definition) is 3. The van der Waals surface area contributed by atoms with E-state index in [1.165, 1.54) is 0 Å². The Morgan fingerprint density at radius 3 is 2.80 bits per heavy atom. The van der Waals surface area contributed by atoms with Gasteiger partial charge in [-0.05, 0) is 20.8 Å². The Hall–Kier alpha value is -1.36. The first kappa shape index (κ1) is 11.7. The van der Waals surface area contributed by atoms with Crippen molar-refractivity contribution in [1.82, 2.24) is 9.78 Å². The number of nitrogens with two attached hydrogens (primary N) is 1. The summed E-state index contributed by atoms with van der Waals surface area (Å²) in [6.07, 6.45) is 3.72. The van der Waals surface area contributed by atoms with Crippen LogP contribution in [0.3, 0.4) is 0 Å². The van der Waals surface area contributed by atoms with Crippen LogP contribution in [0.2, 0.25) is 0 Å². The van der Waals surface area contributed by atoms with Crippen LogP contribution in [-0.4, -0.2) is 21.2 Å². The first-order valence-electron chi connectivity index (χ1n) is 5.02. The first-order valence-corrected chi connectivity index (χ1v) is 5.02. The van der Waals surface area contributed by atoms with Gasteiger partial charge in [-0.2, -0.15) is 5.10 Å². The molecule has 0 radical (unpaired) electrons. The van der Waals surface area contributed by atoms with E-state index in [1.54, 1.807) is 17.1 Å². The van der Waals surface area contributed by atoms with E-state index in [2.05, 4.69) is 10.4 Å². The molecule has 0 spiro atoms. The molecule has 0 aliphatic heterocycles. The second-order valence-electron chi connectivity index (χ2n) is 4.30. The summed E-state index contributed by atoms with van der Waals surface area (Å²) in [7, 11) is 0. The van der Waals surface area contributed by atoms with Gasteiger partial charge >= 0.3 is 0 Å². The third kappa shape index (κ3) is 4.12. The van der Waals surface area contributed by atoms with E-state index in [0.29, 0.717) is 12.1 Å². The quantitative estimate of drug-likeness (QED) is 0.777. The highest BCUT2D eigenvalue weighted by atomic mass is 16.1. The fraction of sp³-hybridized carbons (Fsp3) is 0.600. The van der Waals surface area contributed by atoms with E-state index < -0.39 is 5.54 Å². The number of aryl methyl sites for hydroxylation is 1. The van der Waals surface area contributed by atoms with Gasteiger partial charge in [0.25, 0.3) is 0 Å². The zero-order valence-corrected chi connectivity index (χ0v) is 9.45. The van der Waals surface area contributed by atoms with Gasteiger partial charge in [-0.3, -0.25) is 9.48 Å². The van der Waals surface area contributed by atoms with Crippen LogP contribution in [0.25, 0.3) is 0 Å². The smallest absolute Gasteiger partial charge is 0.226 e. The number of nitrogens with one attached hydrogen (secondary N) is 1. The summed E-state index contributed by atoms with van der Waals surface area (Å²) in [5.74, 6) is -0.0850. The van der Waals surface area contributed by atoms with E-state index in [4.69, 9.17) is 5.73 Å². The number of aromatic nitrogens is 2. The molecule has 3 N–H and O–H groups in total. The molecule has 5 heteroatoms. The minimum atomic E-state index is -0.481. The van der Waals surface area contributed by atoms with E-state index in [9.17, 15) is 4.79 Å². The molecule has 0 aliphatic carbocycles. The average molecular weight is 210 g/mol. The molecule has 84 valence electrons. The molecular formula is C10H18N4O.